The van der Waals surface area contributed by atoms with E-state index in [4.69, 9.17) is 9.47 Å². The van der Waals surface area contributed by atoms with Crippen molar-refractivity contribution in [1.29, 1.82) is 5.26 Å². The molecule has 0 aliphatic heterocycles. The molecule has 0 saturated carbocycles. The first-order valence-corrected chi connectivity index (χ1v) is 11.0. The number of fused-ring (bicyclic) bond motifs is 1. The quantitative estimate of drug-likeness (QED) is 0.367. The van der Waals surface area contributed by atoms with Crippen LogP contribution < -0.4 is 26.0 Å². The fourth-order valence-electron chi connectivity index (χ4n) is 3.65. The molecule has 0 atom stereocenters. The molecule has 0 aliphatic carbocycles. The summed E-state index contributed by atoms with van der Waals surface area (Å²) in [5, 5.41) is 13.7. The van der Waals surface area contributed by atoms with E-state index < -0.39 is 11.2 Å². The summed E-state index contributed by atoms with van der Waals surface area (Å²) >= 11 is 0. The van der Waals surface area contributed by atoms with E-state index in [1.165, 1.54) is 22.9 Å². The van der Waals surface area contributed by atoms with Crippen LogP contribution >= 0.6 is 0 Å². The van der Waals surface area contributed by atoms with Crippen molar-refractivity contribution < 1.29 is 14.3 Å². The smallest absolute Gasteiger partial charge is 0.328 e. The fraction of sp³-hybridized carbons (Fsp3) is 0.111. The van der Waals surface area contributed by atoms with E-state index in [1.54, 1.807) is 48.5 Å². The van der Waals surface area contributed by atoms with Crippen molar-refractivity contribution in [3.05, 3.63) is 105 Å². The van der Waals surface area contributed by atoms with Crippen LogP contribution in [0.3, 0.4) is 0 Å². The Kier molecular flexibility index (Phi) is 6.97. The zero-order chi connectivity index (χ0) is 25.7. The number of hydrogen-bond donors (Lipinski definition) is 2. The molecular weight excluding hydrogens is 460 g/mol. The molecule has 1 heterocycles. The molecule has 0 bridgehead atoms. The number of aromatic amines is 1. The first-order valence-electron chi connectivity index (χ1n) is 11.0. The van der Waals surface area contributed by atoms with Gasteiger partial charge >= 0.3 is 5.69 Å². The average molecular weight is 482 g/mol. The maximum Gasteiger partial charge on any atom is 0.328 e. The number of carbonyl (C=O) groups excluding carboxylic acids is 1. The van der Waals surface area contributed by atoms with Gasteiger partial charge in [-0.3, -0.25) is 19.1 Å². The molecule has 4 aromatic rings. The number of anilines is 1. The predicted molar refractivity (Wildman–Crippen MR) is 136 cm³/mol. The van der Waals surface area contributed by atoms with E-state index in [9.17, 15) is 19.6 Å². The lowest BCUT2D eigenvalue weighted by Gasteiger charge is -2.17. The third kappa shape index (κ3) is 5.18. The number of nitrogens with zero attached hydrogens (tertiary/aromatic N) is 2. The lowest BCUT2D eigenvalue weighted by Crippen LogP contribution is -2.30. The van der Waals surface area contributed by atoms with Gasteiger partial charge in [-0.05, 0) is 48.2 Å². The number of rotatable bonds is 8. The topological polar surface area (TPSA) is 126 Å². The van der Waals surface area contributed by atoms with E-state index in [-0.39, 0.29) is 19.1 Å². The highest BCUT2D eigenvalue weighted by Crippen LogP contribution is 2.39. The lowest BCUT2D eigenvalue weighted by molar-refractivity contribution is -0.111. The van der Waals surface area contributed by atoms with Crippen LogP contribution in [0, 0.1) is 18.3 Å². The number of H-pyrrole nitrogens is 1. The number of ether oxygens (including phenoxy) is 2. The van der Waals surface area contributed by atoms with Crippen LogP contribution in [0.2, 0.25) is 0 Å². The van der Waals surface area contributed by atoms with E-state index in [0.717, 1.165) is 16.3 Å². The van der Waals surface area contributed by atoms with Crippen LogP contribution in [-0.2, 0) is 11.3 Å². The monoisotopic (exact) mass is 482 g/mol. The van der Waals surface area contributed by atoms with Crippen LogP contribution in [0.15, 0.2) is 83.0 Å². The van der Waals surface area contributed by atoms with Crippen molar-refractivity contribution in [1.82, 2.24) is 9.55 Å². The van der Waals surface area contributed by atoms with E-state index in [2.05, 4.69) is 22.9 Å². The Labute approximate surface area is 205 Å². The molecule has 0 unspecified atom stereocenters. The van der Waals surface area contributed by atoms with Crippen LogP contribution in [0.25, 0.3) is 10.8 Å². The third-order valence-electron chi connectivity index (χ3n) is 5.49. The number of hydrogen-bond acceptors (Lipinski definition) is 6. The van der Waals surface area contributed by atoms with Crippen molar-refractivity contribution in [2.24, 2.45) is 0 Å². The van der Waals surface area contributed by atoms with Gasteiger partial charge < -0.3 is 14.8 Å². The summed E-state index contributed by atoms with van der Waals surface area (Å²) in [7, 11) is 0. The molecule has 1 amide bonds. The number of aromatic nitrogens is 2. The minimum absolute atomic E-state index is 0.148. The summed E-state index contributed by atoms with van der Waals surface area (Å²) in [4.78, 5) is 37.4. The molecule has 4 rings (SSSR count). The number of para-hydroxylation sites is 2. The van der Waals surface area contributed by atoms with Crippen LogP contribution in [-0.4, -0.2) is 22.1 Å². The van der Waals surface area contributed by atoms with Crippen LogP contribution in [0.5, 0.6) is 17.2 Å². The summed E-state index contributed by atoms with van der Waals surface area (Å²) in [6, 6.07) is 17.4. The van der Waals surface area contributed by atoms with Gasteiger partial charge in [0.1, 0.15) is 12.4 Å². The predicted octanol–water partition coefficient (Wildman–Crippen LogP) is 3.87. The van der Waals surface area contributed by atoms with Crippen molar-refractivity contribution in [2.75, 3.05) is 11.9 Å². The second kappa shape index (κ2) is 10.4. The van der Waals surface area contributed by atoms with E-state index in [1.807, 2.05) is 6.92 Å². The summed E-state index contributed by atoms with van der Waals surface area (Å²) in [5.74, 6) is 0.949. The van der Waals surface area contributed by atoms with Gasteiger partial charge in [0, 0.05) is 23.7 Å². The summed E-state index contributed by atoms with van der Waals surface area (Å²) in [5.41, 5.74) is 0.773. The van der Waals surface area contributed by atoms with Crippen molar-refractivity contribution >= 4 is 22.4 Å². The van der Waals surface area contributed by atoms with Crippen molar-refractivity contribution in [3.8, 4) is 23.3 Å². The molecule has 0 radical (unpaired) electrons. The highest BCUT2D eigenvalue weighted by atomic mass is 16.5. The van der Waals surface area contributed by atoms with Gasteiger partial charge in [0.15, 0.2) is 11.5 Å². The van der Waals surface area contributed by atoms with Gasteiger partial charge in [-0.1, -0.05) is 24.8 Å². The van der Waals surface area contributed by atoms with Gasteiger partial charge in [0.05, 0.1) is 23.9 Å². The molecule has 0 aliphatic rings. The Morgan fingerprint density at radius 2 is 1.89 bits per heavy atom. The summed E-state index contributed by atoms with van der Waals surface area (Å²) < 4.78 is 13.4. The van der Waals surface area contributed by atoms with Crippen molar-refractivity contribution in [3.63, 3.8) is 0 Å². The van der Waals surface area contributed by atoms with Crippen LogP contribution in [0.4, 0.5) is 5.69 Å². The molecule has 1 aromatic heterocycles. The number of amides is 1. The normalized spacial score (nSPS) is 10.4. The molecule has 180 valence electrons. The minimum Gasteiger partial charge on any atom is -0.488 e. The zero-order valence-electron chi connectivity index (χ0n) is 19.4. The first-order chi connectivity index (χ1) is 17.4. The van der Waals surface area contributed by atoms with Gasteiger partial charge in [-0.2, -0.15) is 5.26 Å². The van der Waals surface area contributed by atoms with E-state index in [0.29, 0.717) is 28.5 Å². The second-order valence-electron chi connectivity index (χ2n) is 7.81. The second-order valence-corrected chi connectivity index (χ2v) is 7.81. The number of nitrogens with one attached hydrogen (secondary N) is 2. The number of aryl methyl sites for hydroxylation is 1. The van der Waals surface area contributed by atoms with Gasteiger partial charge in [-0.25, -0.2) is 4.79 Å². The molecule has 36 heavy (non-hydrogen) atoms. The highest BCUT2D eigenvalue weighted by Gasteiger charge is 2.15. The van der Waals surface area contributed by atoms with Gasteiger partial charge in [0.2, 0.25) is 5.91 Å². The maximum atomic E-state index is 12.0. The van der Waals surface area contributed by atoms with Gasteiger partial charge in [-0.15, -0.1) is 0 Å². The average Bonchev–Trinajstić information content (AvgIpc) is 2.88. The summed E-state index contributed by atoms with van der Waals surface area (Å²) in [6.45, 7) is 5.73. The van der Waals surface area contributed by atoms with Crippen molar-refractivity contribution in [2.45, 2.75) is 13.5 Å². The zero-order valence-corrected chi connectivity index (χ0v) is 19.4. The Morgan fingerprint density at radius 3 is 2.61 bits per heavy atom. The number of carbonyl (C=O) groups is 1. The van der Waals surface area contributed by atoms with Gasteiger partial charge in [0.25, 0.3) is 5.56 Å². The standard InChI is InChI=1S/C27H22N4O5/c1-3-25(32)29-21-15-24(17(2)20-14-18(16-28)8-9-19(20)21)36-23-7-5-4-6-22(23)35-13-12-31-11-10-26(33)30-27(31)34/h3-11,14-15H,1,12-13H2,2H3,(H,29,32)(H,30,33,34). The summed E-state index contributed by atoms with van der Waals surface area (Å²) in [6.07, 6.45) is 2.58. The highest BCUT2D eigenvalue weighted by molar-refractivity contribution is 6.07. The number of benzene rings is 3. The number of nitriles is 1. The fourth-order valence-corrected chi connectivity index (χ4v) is 3.65. The molecular formula is C27H22N4O5. The largest absolute Gasteiger partial charge is 0.488 e. The molecule has 0 saturated heterocycles. The van der Waals surface area contributed by atoms with E-state index >= 15 is 0 Å². The minimum atomic E-state index is -0.520. The molecule has 0 spiro atoms. The molecule has 9 nitrogen and oxygen atoms in total. The Hall–Kier alpha value is -5.10. The SMILES string of the molecule is C=CC(=O)Nc1cc(Oc2ccccc2OCCn2ccc(=O)[nH]c2=O)c(C)c2cc(C#N)ccc12. The third-order valence-corrected chi connectivity index (χ3v) is 5.49. The molecule has 2 N–H and O–H groups in total. The Morgan fingerprint density at radius 1 is 1.11 bits per heavy atom. The lowest BCUT2D eigenvalue weighted by atomic mass is 10.00. The molecule has 9 heteroatoms. The first kappa shape index (κ1) is 24.0. The Balaban J connectivity index is 1.65. The van der Waals surface area contributed by atoms with Crippen LogP contribution in [0.1, 0.15) is 11.1 Å². The molecule has 0 fully saturated rings. The Bertz CT molecular complexity index is 1630. The maximum absolute atomic E-state index is 12.0. The molecule has 3 aromatic carbocycles.